The minimum atomic E-state index is -0.803. The van der Waals surface area contributed by atoms with Crippen LogP contribution in [0.2, 0.25) is 0 Å². The van der Waals surface area contributed by atoms with Crippen LogP contribution in [0.5, 0.6) is 0 Å². The molecular weight excluding hydrogens is 374 g/mol. The number of hydrogen-bond acceptors (Lipinski definition) is 6. The Labute approximate surface area is 158 Å². The van der Waals surface area contributed by atoms with Crippen molar-refractivity contribution in [2.75, 3.05) is 0 Å². The molecule has 2 heterocycles. The highest BCUT2D eigenvalue weighted by Gasteiger charge is 2.35. The zero-order chi connectivity index (χ0) is 19.0. The Bertz CT molecular complexity index is 915. The number of aromatic amines is 1. The number of aryl methyl sites for hydroxylation is 2. The fourth-order valence-corrected chi connectivity index (χ4v) is 4.72. The second kappa shape index (κ2) is 7.40. The number of hydrogen-bond donors (Lipinski definition) is 3. The van der Waals surface area contributed by atoms with E-state index in [1.807, 2.05) is 13.8 Å². The highest BCUT2D eigenvalue weighted by molar-refractivity contribution is 7.99. The Balaban J connectivity index is 1.57. The molecule has 9 heteroatoms. The Morgan fingerprint density at radius 3 is 2.77 bits per heavy atom. The lowest BCUT2D eigenvalue weighted by Crippen LogP contribution is -2.48. The number of thiophene rings is 1. The van der Waals surface area contributed by atoms with E-state index in [-0.39, 0.29) is 28.7 Å². The van der Waals surface area contributed by atoms with Crippen LogP contribution < -0.4 is 10.9 Å². The monoisotopic (exact) mass is 395 g/mol. The third-order valence-electron chi connectivity index (χ3n) is 4.76. The topological polar surface area (TPSA) is 112 Å². The number of aromatic nitrogens is 2. The van der Waals surface area contributed by atoms with Crippen LogP contribution in [0.15, 0.2) is 4.79 Å². The van der Waals surface area contributed by atoms with Crippen LogP contribution >= 0.6 is 23.1 Å². The predicted molar refractivity (Wildman–Crippen MR) is 103 cm³/mol. The van der Waals surface area contributed by atoms with Crippen molar-refractivity contribution in [3.63, 3.8) is 0 Å². The van der Waals surface area contributed by atoms with Gasteiger partial charge in [0.25, 0.3) is 5.56 Å². The number of rotatable bonds is 6. The van der Waals surface area contributed by atoms with Crippen LogP contribution in [0, 0.1) is 19.8 Å². The van der Waals surface area contributed by atoms with Gasteiger partial charge in [-0.2, -0.15) is 0 Å². The lowest BCUT2D eigenvalue weighted by Gasteiger charge is -2.33. The highest BCUT2D eigenvalue weighted by Crippen LogP contribution is 2.29. The number of aliphatic carboxylic acids is 1. The molecule has 1 aliphatic carbocycles. The van der Waals surface area contributed by atoms with Crippen LogP contribution in [0.4, 0.5) is 0 Å². The number of H-pyrrole nitrogens is 1. The molecule has 0 aromatic carbocycles. The molecular formula is C17H21N3O4S2. The standard InChI is InChI=1S/C17H21N3O4S2/c1-7-8(2)26-16-13(7)15(22)19-12(20-16)6-25-9(3)14(21)18-11-4-10(5-11)17(23)24/h9-11H,4-6H2,1-3H3,(H,18,21)(H,23,24)(H,19,20,22). The molecule has 0 bridgehead atoms. The van der Waals surface area contributed by atoms with Gasteiger partial charge in [0.1, 0.15) is 10.7 Å². The average molecular weight is 396 g/mol. The van der Waals surface area contributed by atoms with Crippen LogP contribution in [0.3, 0.4) is 0 Å². The van der Waals surface area contributed by atoms with Crippen LogP contribution in [0.1, 0.15) is 36.0 Å². The first-order valence-electron chi connectivity index (χ1n) is 8.40. The molecule has 0 radical (unpaired) electrons. The van der Waals surface area contributed by atoms with Crippen molar-refractivity contribution in [1.82, 2.24) is 15.3 Å². The first kappa shape index (κ1) is 18.9. The number of nitrogens with one attached hydrogen (secondary N) is 2. The molecule has 2 aromatic rings. The SMILES string of the molecule is Cc1sc2nc(CSC(C)C(=O)NC3CC(C(=O)O)C3)[nH]c(=O)c2c1C. The Morgan fingerprint density at radius 2 is 2.12 bits per heavy atom. The molecule has 1 saturated carbocycles. The maximum absolute atomic E-state index is 12.3. The summed E-state index contributed by atoms with van der Waals surface area (Å²) in [7, 11) is 0. The number of thioether (sulfide) groups is 1. The number of amides is 1. The van der Waals surface area contributed by atoms with E-state index in [1.54, 1.807) is 6.92 Å². The lowest BCUT2D eigenvalue weighted by molar-refractivity contribution is -0.146. The minimum absolute atomic E-state index is 0.0574. The van der Waals surface area contributed by atoms with Gasteiger partial charge in [0, 0.05) is 10.9 Å². The van der Waals surface area contributed by atoms with Gasteiger partial charge in [0.05, 0.1) is 22.3 Å². The number of carboxylic acid groups (broad SMARTS) is 1. The molecule has 1 aliphatic rings. The van der Waals surface area contributed by atoms with Crippen molar-refractivity contribution < 1.29 is 14.7 Å². The summed E-state index contributed by atoms with van der Waals surface area (Å²) in [6, 6.07) is -0.0574. The molecule has 7 nitrogen and oxygen atoms in total. The van der Waals surface area contributed by atoms with Crippen molar-refractivity contribution >= 4 is 45.2 Å². The van der Waals surface area contributed by atoms with Gasteiger partial charge in [0.2, 0.25) is 5.91 Å². The molecule has 1 atom stereocenters. The molecule has 1 unspecified atom stereocenters. The zero-order valence-electron chi connectivity index (χ0n) is 14.8. The highest BCUT2D eigenvalue weighted by atomic mass is 32.2. The van der Waals surface area contributed by atoms with E-state index >= 15 is 0 Å². The summed E-state index contributed by atoms with van der Waals surface area (Å²) >= 11 is 2.89. The molecule has 1 amide bonds. The van der Waals surface area contributed by atoms with Crippen molar-refractivity contribution in [2.45, 2.75) is 50.7 Å². The summed E-state index contributed by atoms with van der Waals surface area (Å²) in [4.78, 5) is 44.4. The van der Waals surface area contributed by atoms with E-state index < -0.39 is 5.97 Å². The summed E-state index contributed by atoms with van der Waals surface area (Å²) < 4.78 is 0. The zero-order valence-corrected chi connectivity index (χ0v) is 16.4. The normalized spacial score (nSPS) is 20.6. The molecule has 0 aliphatic heterocycles. The summed E-state index contributed by atoms with van der Waals surface area (Å²) in [5.41, 5.74) is 0.824. The van der Waals surface area contributed by atoms with E-state index in [2.05, 4.69) is 15.3 Å². The Hall–Kier alpha value is -1.87. The molecule has 3 N–H and O–H groups in total. The van der Waals surface area contributed by atoms with Gasteiger partial charge in [-0.05, 0) is 39.2 Å². The summed E-state index contributed by atoms with van der Waals surface area (Å²) in [6.45, 7) is 5.68. The van der Waals surface area contributed by atoms with Crippen molar-refractivity contribution in [2.24, 2.45) is 5.92 Å². The maximum atomic E-state index is 12.3. The minimum Gasteiger partial charge on any atom is -0.481 e. The summed E-state index contributed by atoms with van der Waals surface area (Å²) in [5, 5.41) is 12.1. The van der Waals surface area contributed by atoms with Crippen LogP contribution in [0.25, 0.3) is 10.2 Å². The average Bonchev–Trinajstić information content (AvgIpc) is 2.82. The number of carbonyl (C=O) groups is 2. The summed E-state index contributed by atoms with van der Waals surface area (Å²) in [6.07, 6.45) is 0.974. The Morgan fingerprint density at radius 1 is 1.42 bits per heavy atom. The quantitative estimate of drug-likeness (QED) is 0.691. The van der Waals surface area contributed by atoms with Crippen molar-refractivity contribution in [1.29, 1.82) is 0 Å². The van der Waals surface area contributed by atoms with Gasteiger partial charge in [-0.3, -0.25) is 14.4 Å². The molecule has 140 valence electrons. The van der Waals surface area contributed by atoms with Gasteiger partial charge in [0.15, 0.2) is 0 Å². The lowest BCUT2D eigenvalue weighted by atomic mass is 9.80. The molecule has 2 aromatic heterocycles. The molecule has 26 heavy (non-hydrogen) atoms. The first-order valence-corrected chi connectivity index (χ1v) is 10.3. The van der Waals surface area contributed by atoms with Gasteiger partial charge < -0.3 is 15.4 Å². The molecule has 1 fully saturated rings. The maximum Gasteiger partial charge on any atom is 0.306 e. The van der Waals surface area contributed by atoms with E-state index in [9.17, 15) is 14.4 Å². The second-order valence-electron chi connectivity index (χ2n) is 6.64. The van der Waals surface area contributed by atoms with Gasteiger partial charge in [-0.15, -0.1) is 23.1 Å². The second-order valence-corrected chi connectivity index (χ2v) is 9.17. The van der Waals surface area contributed by atoms with Crippen LogP contribution in [-0.2, 0) is 15.3 Å². The molecule has 3 rings (SSSR count). The molecule has 0 spiro atoms. The number of fused-ring (bicyclic) bond motifs is 1. The van der Waals surface area contributed by atoms with E-state index in [0.717, 1.165) is 15.3 Å². The smallest absolute Gasteiger partial charge is 0.306 e. The number of carboxylic acids is 1. The number of nitrogens with zero attached hydrogens (tertiary/aromatic N) is 1. The predicted octanol–water partition coefficient (Wildman–Crippen LogP) is 2.20. The fourth-order valence-electron chi connectivity index (χ4n) is 2.90. The van der Waals surface area contributed by atoms with Crippen molar-refractivity contribution in [3.05, 3.63) is 26.6 Å². The third kappa shape index (κ3) is 3.78. The largest absolute Gasteiger partial charge is 0.481 e. The van der Waals surface area contributed by atoms with E-state index in [1.165, 1.54) is 23.1 Å². The van der Waals surface area contributed by atoms with Gasteiger partial charge >= 0.3 is 5.97 Å². The fraction of sp³-hybridized carbons (Fsp3) is 0.529. The number of carbonyl (C=O) groups excluding carboxylic acids is 1. The molecule has 0 saturated heterocycles. The van der Waals surface area contributed by atoms with Gasteiger partial charge in [-0.1, -0.05) is 0 Å². The van der Waals surface area contributed by atoms with E-state index in [0.29, 0.717) is 29.8 Å². The summed E-state index contributed by atoms with van der Waals surface area (Å²) in [5.74, 6) is -0.277. The Kier molecular flexibility index (Phi) is 5.38. The van der Waals surface area contributed by atoms with Gasteiger partial charge in [-0.25, -0.2) is 4.98 Å². The van der Waals surface area contributed by atoms with Crippen molar-refractivity contribution in [3.8, 4) is 0 Å². The van der Waals surface area contributed by atoms with E-state index in [4.69, 9.17) is 5.11 Å². The third-order valence-corrected chi connectivity index (χ3v) is 7.02. The first-order chi connectivity index (χ1) is 12.3. The van der Waals surface area contributed by atoms with Crippen LogP contribution in [-0.4, -0.2) is 38.2 Å².